The van der Waals surface area contributed by atoms with E-state index in [1.807, 2.05) is 0 Å². The number of methoxy groups -OCH3 is 1. The molecular weight excluding hydrogens is 164 g/mol. The first-order valence-corrected chi connectivity index (χ1v) is 3.44. The maximum atomic E-state index is 10.8. The molecule has 0 fully saturated rings. The summed E-state index contributed by atoms with van der Waals surface area (Å²) >= 11 is 0. The molecule has 12 heavy (non-hydrogen) atoms. The molecule has 0 spiro atoms. The first-order valence-electron chi connectivity index (χ1n) is 3.44. The summed E-state index contributed by atoms with van der Waals surface area (Å²) < 4.78 is 9.14. The third-order valence-electron chi connectivity index (χ3n) is 1.51. The van der Waals surface area contributed by atoms with Crippen LogP contribution in [-0.2, 0) is 14.3 Å². The zero-order valence-electron chi connectivity index (χ0n) is 6.56. The van der Waals surface area contributed by atoms with Crippen LogP contribution in [0.25, 0.3) is 0 Å². The second-order valence-corrected chi connectivity index (χ2v) is 2.39. The van der Waals surface area contributed by atoms with Gasteiger partial charge in [-0.2, -0.15) is 0 Å². The van der Waals surface area contributed by atoms with Crippen molar-refractivity contribution in [2.75, 3.05) is 13.7 Å². The van der Waals surface area contributed by atoms with Crippen molar-refractivity contribution in [1.29, 1.82) is 0 Å². The minimum absolute atomic E-state index is 0.0599. The van der Waals surface area contributed by atoms with E-state index in [1.165, 1.54) is 7.11 Å². The number of carbonyl (C=O) groups excluding carboxylic acids is 1. The Morgan fingerprint density at radius 1 is 1.75 bits per heavy atom. The topological polar surface area (TPSA) is 76.0 Å². The Morgan fingerprint density at radius 2 is 2.42 bits per heavy atom. The molecule has 0 saturated heterocycles. The Balaban J connectivity index is 2.68. The minimum atomic E-state index is -1.06. The van der Waals surface area contributed by atoms with Gasteiger partial charge in [0.2, 0.25) is 5.76 Å². The maximum Gasteiger partial charge on any atom is 0.373 e. The number of esters is 1. The maximum absolute atomic E-state index is 10.8. The van der Waals surface area contributed by atoms with Crippen molar-refractivity contribution in [3.8, 4) is 0 Å². The molecule has 2 atom stereocenters. The first-order chi connectivity index (χ1) is 5.65. The standard InChI is InChI=1S/C7H10O5/c1-11-7(10)6-2-4(8)5(9)3-12-6/h2,4-5,8-9H,3H2,1H3/t4-,5-/m1/s1. The fourth-order valence-electron chi connectivity index (χ4n) is 0.816. The molecule has 0 bridgehead atoms. The lowest BCUT2D eigenvalue weighted by atomic mass is 10.1. The fraction of sp³-hybridized carbons (Fsp3) is 0.571. The van der Waals surface area contributed by atoms with Crippen molar-refractivity contribution in [3.63, 3.8) is 0 Å². The highest BCUT2D eigenvalue weighted by Crippen LogP contribution is 2.12. The average Bonchev–Trinajstić information content (AvgIpc) is 2.08. The lowest BCUT2D eigenvalue weighted by Gasteiger charge is -2.21. The quantitative estimate of drug-likeness (QED) is 0.488. The summed E-state index contributed by atoms with van der Waals surface area (Å²) in [5, 5.41) is 18.1. The monoisotopic (exact) mass is 174 g/mol. The van der Waals surface area contributed by atoms with Crippen molar-refractivity contribution < 1.29 is 24.5 Å². The van der Waals surface area contributed by atoms with Crippen LogP contribution in [0.2, 0.25) is 0 Å². The second kappa shape index (κ2) is 3.55. The molecule has 0 saturated carbocycles. The number of hydrogen-bond acceptors (Lipinski definition) is 5. The number of rotatable bonds is 1. The van der Waals surface area contributed by atoms with E-state index in [-0.39, 0.29) is 12.4 Å². The minimum Gasteiger partial charge on any atom is -0.484 e. The van der Waals surface area contributed by atoms with E-state index in [1.54, 1.807) is 0 Å². The van der Waals surface area contributed by atoms with Crippen LogP contribution in [0.15, 0.2) is 11.8 Å². The third kappa shape index (κ3) is 1.75. The molecule has 1 aliphatic heterocycles. The molecule has 68 valence electrons. The van der Waals surface area contributed by atoms with Crippen LogP contribution < -0.4 is 0 Å². The molecule has 0 aliphatic carbocycles. The van der Waals surface area contributed by atoms with Gasteiger partial charge in [0.05, 0.1) is 7.11 Å². The lowest BCUT2D eigenvalue weighted by Crippen LogP contribution is -2.34. The van der Waals surface area contributed by atoms with Crippen molar-refractivity contribution >= 4 is 5.97 Å². The Bertz CT molecular complexity index is 210. The highest BCUT2D eigenvalue weighted by Gasteiger charge is 2.25. The molecule has 2 N–H and O–H groups in total. The van der Waals surface area contributed by atoms with Crippen molar-refractivity contribution in [3.05, 3.63) is 11.8 Å². The third-order valence-corrected chi connectivity index (χ3v) is 1.51. The smallest absolute Gasteiger partial charge is 0.373 e. The Morgan fingerprint density at radius 3 is 2.92 bits per heavy atom. The van der Waals surface area contributed by atoms with Gasteiger partial charge in [0.15, 0.2) is 0 Å². The van der Waals surface area contributed by atoms with Gasteiger partial charge < -0.3 is 19.7 Å². The SMILES string of the molecule is COC(=O)C1=C[C@@H](O)[C@H](O)CO1. The molecule has 1 rings (SSSR count). The van der Waals surface area contributed by atoms with Gasteiger partial charge in [-0.3, -0.25) is 0 Å². The van der Waals surface area contributed by atoms with Crippen molar-refractivity contribution in [2.45, 2.75) is 12.2 Å². The average molecular weight is 174 g/mol. The van der Waals surface area contributed by atoms with E-state index in [0.717, 1.165) is 6.08 Å². The molecule has 5 nitrogen and oxygen atoms in total. The Kier molecular flexibility index (Phi) is 2.67. The van der Waals surface area contributed by atoms with Gasteiger partial charge in [-0.15, -0.1) is 0 Å². The van der Waals surface area contributed by atoms with Crippen LogP contribution in [0.1, 0.15) is 0 Å². The summed E-state index contributed by atoms with van der Waals surface area (Å²) in [5.41, 5.74) is 0. The van der Waals surface area contributed by atoms with Gasteiger partial charge in [-0.25, -0.2) is 4.79 Å². The van der Waals surface area contributed by atoms with Gasteiger partial charge in [0.1, 0.15) is 18.8 Å². The number of carbonyl (C=O) groups is 1. The van der Waals surface area contributed by atoms with Crippen LogP contribution in [0.4, 0.5) is 0 Å². The van der Waals surface area contributed by atoms with Crippen LogP contribution in [-0.4, -0.2) is 42.1 Å². The summed E-state index contributed by atoms with van der Waals surface area (Å²) in [6.45, 7) is -0.0951. The van der Waals surface area contributed by atoms with Crippen LogP contribution in [0.3, 0.4) is 0 Å². The number of aliphatic hydroxyl groups is 2. The molecule has 5 heteroatoms. The zero-order chi connectivity index (χ0) is 9.14. The molecule has 1 aliphatic rings. The van der Waals surface area contributed by atoms with Gasteiger partial charge in [0.25, 0.3) is 0 Å². The highest BCUT2D eigenvalue weighted by atomic mass is 16.6. The molecule has 0 aromatic rings. The molecule has 0 aromatic heterocycles. The molecular formula is C7H10O5. The van der Waals surface area contributed by atoms with E-state index in [9.17, 15) is 4.79 Å². The number of hydrogen-bond donors (Lipinski definition) is 2. The van der Waals surface area contributed by atoms with Crippen LogP contribution in [0.5, 0.6) is 0 Å². The van der Waals surface area contributed by atoms with Gasteiger partial charge in [0, 0.05) is 0 Å². The Hall–Kier alpha value is -1.07. The van der Waals surface area contributed by atoms with E-state index < -0.39 is 18.2 Å². The van der Waals surface area contributed by atoms with Crippen molar-refractivity contribution in [1.82, 2.24) is 0 Å². The predicted molar refractivity (Wildman–Crippen MR) is 38.1 cm³/mol. The van der Waals surface area contributed by atoms with Gasteiger partial charge in [-0.05, 0) is 6.08 Å². The zero-order valence-corrected chi connectivity index (χ0v) is 6.56. The normalized spacial score (nSPS) is 28.8. The first kappa shape index (κ1) is 9.02. The van der Waals surface area contributed by atoms with Crippen LogP contribution in [0, 0.1) is 0 Å². The summed E-state index contributed by atoms with van der Waals surface area (Å²) in [4.78, 5) is 10.8. The predicted octanol–water partition coefficient (Wildman–Crippen LogP) is -1.20. The summed E-state index contributed by atoms with van der Waals surface area (Å²) in [7, 11) is 1.21. The molecule has 0 amide bonds. The van der Waals surface area contributed by atoms with E-state index in [2.05, 4.69) is 4.74 Å². The Labute approximate surface area is 69.2 Å². The highest BCUT2D eigenvalue weighted by molar-refractivity contribution is 5.86. The largest absolute Gasteiger partial charge is 0.484 e. The summed E-state index contributed by atoms with van der Waals surface area (Å²) in [6, 6.07) is 0. The lowest BCUT2D eigenvalue weighted by molar-refractivity contribution is -0.142. The van der Waals surface area contributed by atoms with E-state index in [0.29, 0.717) is 0 Å². The molecule has 0 aromatic carbocycles. The van der Waals surface area contributed by atoms with Gasteiger partial charge in [-0.1, -0.05) is 0 Å². The molecule has 0 unspecified atom stereocenters. The van der Waals surface area contributed by atoms with Gasteiger partial charge >= 0.3 is 5.97 Å². The summed E-state index contributed by atoms with van der Waals surface area (Å²) in [6.07, 6.45) is -0.911. The van der Waals surface area contributed by atoms with E-state index in [4.69, 9.17) is 14.9 Å². The number of ether oxygens (including phenoxy) is 2. The van der Waals surface area contributed by atoms with E-state index >= 15 is 0 Å². The number of aliphatic hydroxyl groups excluding tert-OH is 2. The molecule has 1 heterocycles. The van der Waals surface area contributed by atoms with Crippen molar-refractivity contribution in [2.24, 2.45) is 0 Å². The second-order valence-electron chi connectivity index (χ2n) is 2.39. The fourth-order valence-corrected chi connectivity index (χ4v) is 0.816. The van der Waals surface area contributed by atoms with Crippen LogP contribution >= 0.6 is 0 Å². The summed E-state index contributed by atoms with van der Waals surface area (Å²) in [5.74, 6) is -0.712. The molecule has 0 radical (unpaired) electrons.